The largest absolute Gasteiger partial charge is 0.297 e. The zero-order chi connectivity index (χ0) is 22.4. The molecule has 158 valence electrons. The molecule has 0 spiro atoms. The third-order valence-electron chi connectivity index (χ3n) is 5.83. The van der Waals surface area contributed by atoms with E-state index in [4.69, 9.17) is 0 Å². The highest BCUT2D eigenvalue weighted by atomic mass is 32.1. The predicted octanol–water partition coefficient (Wildman–Crippen LogP) is 5.07. The minimum absolute atomic E-state index is 0.350. The van der Waals surface area contributed by atoms with Gasteiger partial charge in [-0.05, 0) is 31.5 Å². The molecule has 1 saturated heterocycles. The van der Waals surface area contributed by atoms with Crippen LogP contribution in [0.4, 0.5) is 5.13 Å². The van der Waals surface area contributed by atoms with Crippen molar-refractivity contribution in [1.29, 1.82) is 0 Å². The molecule has 5 nitrogen and oxygen atoms in total. The molecular weight excluding hydrogens is 420 g/mol. The summed E-state index contributed by atoms with van der Waals surface area (Å²) in [4.78, 5) is 45.9. The lowest BCUT2D eigenvalue weighted by molar-refractivity contribution is -0.135. The van der Waals surface area contributed by atoms with Crippen LogP contribution < -0.4 is 4.90 Å². The Morgan fingerprint density at radius 3 is 2.16 bits per heavy atom. The molecule has 1 aromatic heterocycles. The molecule has 1 amide bonds. The summed E-state index contributed by atoms with van der Waals surface area (Å²) in [5, 5.41) is 0.425. The molecule has 0 aliphatic carbocycles. The normalized spacial score (nSPS) is 18.5. The Morgan fingerprint density at radius 1 is 0.875 bits per heavy atom. The van der Waals surface area contributed by atoms with Crippen LogP contribution in [0.2, 0.25) is 0 Å². The highest BCUT2D eigenvalue weighted by Gasteiger charge is 2.53. The third kappa shape index (κ3) is 3.33. The van der Waals surface area contributed by atoms with E-state index in [0.717, 1.165) is 26.9 Å². The van der Waals surface area contributed by atoms with Crippen molar-refractivity contribution in [1.82, 2.24) is 4.98 Å². The van der Waals surface area contributed by atoms with E-state index >= 15 is 0 Å². The summed E-state index contributed by atoms with van der Waals surface area (Å²) < 4.78 is 0.915. The molecule has 1 aliphatic heterocycles. The van der Waals surface area contributed by atoms with Gasteiger partial charge in [0.2, 0.25) is 5.78 Å². The number of amides is 1. The lowest BCUT2D eigenvalue weighted by Gasteiger charge is -2.25. The van der Waals surface area contributed by atoms with Gasteiger partial charge in [0.05, 0.1) is 16.3 Å². The molecule has 5 rings (SSSR count). The van der Waals surface area contributed by atoms with Crippen molar-refractivity contribution in [3.05, 3.63) is 95.1 Å². The number of hydrogen-bond acceptors (Lipinski definition) is 5. The molecule has 2 atom stereocenters. The quantitative estimate of drug-likeness (QED) is 0.252. The van der Waals surface area contributed by atoms with Gasteiger partial charge in [-0.1, -0.05) is 83.1 Å². The fourth-order valence-electron chi connectivity index (χ4n) is 4.10. The Bertz CT molecular complexity index is 1320. The van der Waals surface area contributed by atoms with E-state index in [2.05, 4.69) is 4.98 Å². The Labute approximate surface area is 189 Å². The number of benzene rings is 3. The van der Waals surface area contributed by atoms with Crippen LogP contribution in [0.25, 0.3) is 10.2 Å². The molecule has 2 heterocycles. The summed E-state index contributed by atoms with van der Waals surface area (Å²) >= 11 is 1.34. The topological polar surface area (TPSA) is 67.3 Å². The smallest absolute Gasteiger partial charge is 0.293 e. The maximum absolute atomic E-state index is 13.5. The van der Waals surface area contributed by atoms with Gasteiger partial charge in [0, 0.05) is 5.56 Å². The van der Waals surface area contributed by atoms with Gasteiger partial charge in [0.1, 0.15) is 5.92 Å². The zero-order valence-electron chi connectivity index (χ0n) is 17.6. The van der Waals surface area contributed by atoms with Crippen molar-refractivity contribution in [3.63, 3.8) is 0 Å². The molecule has 0 saturated carbocycles. The first-order chi connectivity index (χ1) is 15.4. The second kappa shape index (κ2) is 7.80. The third-order valence-corrected chi connectivity index (χ3v) is 6.87. The number of nitrogens with zero attached hydrogens (tertiary/aromatic N) is 2. The van der Waals surface area contributed by atoms with Crippen molar-refractivity contribution in [2.75, 3.05) is 4.90 Å². The van der Waals surface area contributed by atoms with Gasteiger partial charge in [-0.25, -0.2) is 4.98 Å². The lowest BCUT2D eigenvalue weighted by Crippen LogP contribution is -2.30. The standard InChI is InChI=1S/C26H20N2O3S/c1-15-7-11-17(12-8-15)22-21(23(29)18-13-9-16(2)10-14-18)24(30)25(31)28(22)26-27-19-5-3-4-6-20(19)32-26/h3-14,21-22H,1-2H3. The van der Waals surface area contributed by atoms with Gasteiger partial charge in [-0.15, -0.1) is 0 Å². The summed E-state index contributed by atoms with van der Waals surface area (Å²) in [6, 6.07) is 21.5. The summed E-state index contributed by atoms with van der Waals surface area (Å²) in [5.41, 5.74) is 3.98. The molecular formula is C26H20N2O3S. The SMILES string of the molecule is Cc1ccc(C(=O)C2C(=O)C(=O)N(c3nc4ccccc4s3)C2c2ccc(C)cc2)cc1. The number of hydrogen-bond donors (Lipinski definition) is 0. The maximum Gasteiger partial charge on any atom is 0.297 e. The second-order valence-corrected chi connectivity index (χ2v) is 9.08. The van der Waals surface area contributed by atoms with Gasteiger partial charge in [0.15, 0.2) is 10.9 Å². The van der Waals surface area contributed by atoms with Crippen molar-refractivity contribution in [2.45, 2.75) is 19.9 Å². The summed E-state index contributed by atoms with van der Waals surface area (Å²) in [5.74, 6) is -2.86. The number of carbonyl (C=O) groups excluding carboxylic acids is 3. The lowest BCUT2D eigenvalue weighted by atomic mass is 9.86. The van der Waals surface area contributed by atoms with Crippen LogP contribution >= 0.6 is 11.3 Å². The first-order valence-corrected chi connectivity index (χ1v) is 11.2. The zero-order valence-corrected chi connectivity index (χ0v) is 18.4. The van der Waals surface area contributed by atoms with Crippen LogP contribution in [0.15, 0.2) is 72.8 Å². The number of anilines is 1. The van der Waals surface area contributed by atoms with Crippen LogP contribution in [-0.4, -0.2) is 22.5 Å². The highest BCUT2D eigenvalue weighted by Crippen LogP contribution is 2.43. The van der Waals surface area contributed by atoms with Crippen LogP contribution in [0, 0.1) is 19.8 Å². The molecule has 32 heavy (non-hydrogen) atoms. The highest BCUT2D eigenvalue weighted by molar-refractivity contribution is 7.22. The Morgan fingerprint density at radius 2 is 1.50 bits per heavy atom. The van der Waals surface area contributed by atoms with Crippen LogP contribution in [0.3, 0.4) is 0 Å². The second-order valence-electron chi connectivity index (χ2n) is 8.07. The van der Waals surface area contributed by atoms with Crippen molar-refractivity contribution < 1.29 is 14.4 Å². The summed E-state index contributed by atoms with van der Waals surface area (Å²) in [6.45, 7) is 3.90. The summed E-state index contributed by atoms with van der Waals surface area (Å²) in [6.07, 6.45) is 0. The van der Waals surface area contributed by atoms with E-state index in [1.807, 2.05) is 74.5 Å². The fraction of sp³-hybridized carbons (Fsp3) is 0.154. The van der Waals surface area contributed by atoms with Gasteiger partial charge < -0.3 is 0 Å². The number of aromatic nitrogens is 1. The number of ketones is 2. The van der Waals surface area contributed by atoms with Gasteiger partial charge in [-0.3, -0.25) is 19.3 Å². The first kappa shape index (κ1) is 20.3. The molecule has 3 aromatic carbocycles. The number of aryl methyl sites for hydroxylation is 2. The van der Waals surface area contributed by atoms with Gasteiger partial charge in [-0.2, -0.15) is 0 Å². The molecule has 1 fully saturated rings. The van der Waals surface area contributed by atoms with Gasteiger partial charge >= 0.3 is 0 Å². The van der Waals surface area contributed by atoms with E-state index < -0.39 is 23.7 Å². The maximum atomic E-state index is 13.5. The average Bonchev–Trinajstić information content (AvgIpc) is 3.33. The number of carbonyl (C=O) groups is 3. The number of Topliss-reactive ketones (excluding diaryl/α,β-unsaturated/α-hetero) is 2. The van der Waals surface area contributed by atoms with E-state index in [1.54, 1.807) is 12.1 Å². The molecule has 6 heteroatoms. The van der Waals surface area contributed by atoms with Crippen LogP contribution in [0.1, 0.15) is 33.1 Å². The molecule has 0 radical (unpaired) electrons. The fourth-order valence-corrected chi connectivity index (χ4v) is 5.10. The van der Waals surface area contributed by atoms with Crippen LogP contribution in [0.5, 0.6) is 0 Å². The number of rotatable bonds is 4. The number of thiazole rings is 1. The monoisotopic (exact) mass is 440 g/mol. The minimum Gasteiger partial charge on any atom is -0.293 e. The molecule has 2 unspecified atom stereocenters. The summed E-state index contributed by atoms with van der Waals surface area (Å²) in [7, 11) is 0. The molecule has 0 N–H and O–H groups in total. The predicted molar refractivity (Wildman–Crippen MR) is 125 cm³/mol. The van der Waals surface area contributed by atoms with Crippen molar-refractivity contribution in [2.24, 2.45) is 5.92 Å². The van der Waals surface area contributed by atoms with E-state index in [9.17, 15) is 14.4 Å². The van der Waals surface area contributed by atoms with Crippen molar-refractivity contribution >= 4 is 44.2 Å². The first-order valence-electron chi connectivity index (χ1n) is 10.3. The Hall–Kier alpha value is -3.64. The molecule has 4 aromatic rings. The Kier molecular flexibility index (Phi) is 4.94. The minimum atomic E-state index is -1.13. The number of para-hydroxylation sites is 1. The van der Waals surface area contributed by atoms with E-state index in [0.29, 0.717) is 10.7 Å². The molecule has 0 bridgehead atoms. The number of fused-ring (bicyclic) bond motifs is 1. The Balaban J connectivity index is 1.66. The van der Waals surface area contributed by atoms with Crippen LogP contribution in [-0.2, 0) is 9.59 Å². The van der Waals surface area contributed by atoms with E-state index in [-0.39, 0.29) is 5.78 Å². The van der Waals surface area contributed by atoms with Crippen molar-refractivity contribution in [3.8, 4) is 0 Å². The average molecular weight is 441 g/mol. The van der Waals surface area contributed by atoms with E-state index in [1.165, 1.54) is 16.2 Å². The van der Waals surface area contributed by atoms with Gasteiger partial charge in [0.25, 0.3) is 5.91 Å². The molecule has 1 aliphatic rings.